The number of aliphatic hydroxyl groups excluding tert-OH is 1. The lowest BCUT2D eigenvalue weighted by Crippen LogP contribution is -2.41. The van der Waals surface area contributed by atoms with E-state index in [1.807, 2.05) is 30.3 Å². The molecule has 25 heavy (non-hydrogen) atoms. The van der Waals surface area contributed by atoms with E-state index in [2.05, 4.69) is 22.8 Å². The van der Waals surface area contributed by atoms with Gasteiger partial charge in [0.25, 0.3) is 0 Å². The Morgan fingerprint density at radius 3 is 2.60 bits per heavy atom. The summed E-state index contributed by atoms with van der Waals surface area (Å²) in [5.74, 6) is 0.680. The fourth-order valence-electron chi connectivity index (χ4n) is 2.98. The fourth-order valence-corrected chi connectivity index (χ4v) is 2.98. The summed E-state index contributed by atoms with van der Waals surface area (Å²) in [5, 5.41) is 15.9. The number of carbonyl (C=O) groups excluding carboxylic acids is 1. The first-order chi connectivity index (χ1) is 12.1. The first kappa shape index (κ1) is 17.3. The molecule has 0 heterocycles. The number of nitrogens with one attached hydrogen (secondary N) is 2. The highest BCUT2D eigenvalue weighted by atomic mass is 16.5. The lowest BCUT2D eigenvalue weighted by molar-refractivity contribution is 0.172. The molecule has 0 radical (unpaired) electrons. The Bertz CT molecular complexity index is 714. The predicted molar refractivity (Wildman–Crippen MR) is 96.7 cm³/mol. The van der Waals surface area contributed by atoms with Gasteiger partial charge in [0.05, 0.1) is 13.2 Å². The van der Waals surface area contributed by atoms with E-state index in [0.717, 1.165) is 12.8 Å². The van der Waals surface area contributed by atoms with Crippen LogP contribution in [0.15, 0.2) is 54.6 Å². The summed E-state index contributed by atoms with van der Waals surface area (Å²) in [6, 6.07) is 17.2. The molecule has 1 aliphatic carbocycles. The number of hydrogen-bond donors (Lipinski definition) is 3. The van der Waals surface area contributed by atoms with Gasteiger partial charge in [0, 0.05) is 18.5 Å². The summed E-state index contributed by atoms with van der Waals surface area (Å²) < 4.78 is 5.14. The van der Waals surface area contributed by atoms with Crippen molar-refractivity contribution in [3.8, 4) is 5.75 Å². The number of amides is 2. The van der Waals surface area contributed by atoms with Crippen LogP contribution in [0.3, 0.4) is 0 Å². The highest BCUT2D eigenvalue weighted by molar-refractivity contribution is 5.74. The monoisotopic (exact) mass is 340 g/mol. The Kier molecular flexibility index (Phi) is 5.24. The predicted octanol–water partition coefficient (Wildman–Crippen LogP) is 2.76. The van der Waals surface area contributed by atoms with Crippen molar-refractivity contribution < 1.29 is 14.6 Å². The summed E-state index contributed by atoms with van der Waals surface area (Å²) in [5.41, 5.74) is 2.05. The Morgan fingerprint density at radius 1 is 1.16 bits per heavy atom. The quantitative estimate of drug-likeness (QED) is 0.726. The van der Waals surface area contributed by atoms with Crippen molar-refractivity contribution in [1.82, 2.24) is 10.6 Å². The zero-order valence-electron chi connectivity index (χ0n) is 14.4. The molecule has 5 heteroatoms. The summed E-state index contributed by atoms with van der Waals surface area (Å²) >= 11 is 0. The molecule has 2 amide bonds. The van der Waals surface area contributed by atoms with Crippen molar-refractivity contribution in [2.75, 3.05) is 20.2 Å². The molecule has 2 aromatic rings. The molecule has 3 N–H and O–H groups in total. The molecule has 3 rings (SSSR count). The fraction of sp³-hybridized carbons (Fsp3) is 0.350. The maximum absolute atomic E-state index is 12.0. The molecule has 1 unspecified atom stereocenters. The van der Waals surface area contributed by atoms with Gasteiger partial charge in [-0.15, -0.1) is 0 Å². The van der Waals surface area contributed by atoms with Crippen LogP contribution in [0.25, 0.3) is 0 Å². The third-order valence-corrected chi connectivity index (χ3v) is 4.76. The van der Waals surface area contributed by atoms with E-state index >= 15 is 0 Å². The second kappa shape index (κ2) is 7.57. The molecular weight excluding hydrogens is 316 g/mol. The van der Waals surface area contributed by atoms with E-state index in [0.29, 0.717) is 17.9 Å². The summed E-state index contributed by atoms with van der Waals surface area (Å²) in [6.07, 6.45) is 1.40. The van der Waals surface area contributed by atoms with Crippen molar-refractivity contribution in [3.05, 3.63) is 65.7 Å². The highest BCUT2D eigenvalue weighted by Gasteiger charge is 2.44. The van der Waals surface area contributed by atoms with E-state index in [-0.39, 0.29) is 18.0 Å². The molecule has 0 spiro atoms. The molecule has 132 valence electrons. The van der Waals surface area contributed by atoms with Crippen LogP contribution < -0.4 is 15.4 Å². The van der Waals surface area contributed by atoms with Gasteiger partial charge < -0.3 is 20.5 Å². The number of methoxy groups -OCH3 is 1. The van der Waals surface area contributed by atoms with Crippen LogP contribution in [0, 0.1) is 0 Å². The second-order valence-corrected chi connectivity index (χ2v) is 6.50. The number of hydrogen-bond acceptors (Lipinski definition) is 3. The summed E-state index contributed by atoms with van der Waals surface area (Å²) in [4.78, 5) is 12.0. The molecule has 1 fully saturated rings. The third-order valence-electron chi connectivity index (χ3n) is 4.76. The van der Waals surface area contributed by atoms with Crippen LogP contribution >= 0.6 is 0 Å². The molecule has 1 saturated carbocycles. The summed E-state index contributed by atoms with van der Waals surface area (Å²) in [6.45, 7) is 0.759. The van der Waals surface area contributed by atoms with Crippen molar-refractivity contribution in [2.24, 2.45) is 0 Å². The van der Waals surface area contributed by atoms with E-state index in [1.54, 1.807) is 19.2 Å². The number of rotatable bonds is 7. The van der Waals surface area contributed by atoms with Crippen LogP contribution in [0.1, 0.15) is 30.1 Å². The molecular formula is C20H24N2O3. The highest BCUT2D eigenvalue weighted by Crippen LogP contribution is 2.47. The SMILES string of the molecule is COc1cccc(C(O)CNC(=O)NCC2(c3ccccc3)CC2)c1. The van der Waals surface area contributed by atoms with Crippen molar-refractivity contribution >= 4 is 6.03 Å². The smallest absolute Gasteiger partial charge is 0.314 e. The van der Waals surface area contributed by atoms with Gasteiger partial charge >= 0.3 is 6.03 Å². The minimum Gasteiger partial charge on any atom is -0.497 e. The van der Waals surface area contributed by atoms with Gasteiger partial charge in [-0.05, 0) is 36.1 Å². The number of aliphatic hydroxyl groups is 1. The molecule has 0 aliphatic heterocycles. The van der Waals surface area contributed by atoms with Gasteiger partial charge in [0.1, 0.15) is 5.75 Å². The van der Waals surface area contributed by atoms with Gasteiger partial charge in [-0.2, -0.15) is 0 Å². The zero-order chi connectivity index (χ0) is 17.7. The maximum Gasteiger partial charge on any atom is 0.314 e. The van der Waals surface area contributed by atoms with Crippen molar-refractivity contribution in [2.45, 2.75) is 24.4 Å². The first-order valence-electron chi connectivity index (χ1n) is 8.52. The topological polar surface area (TPSA) is 70.6 Å². The van der Waals surface area contributed by atoms with E-state index in [1.165, 1.54) is 5.56 Å². The van der Waals surface area contributed by atoms with E-state index in [9.17, 15) is 9.90 Å². The first-order valence-corrected chi connectivity index (χ1v) is 8.52. The average molecular weight is 340 g/mol. The van der Waals surface area contributed by atoms with Crippen molar-refractivity contribution in [1.29, 1.82) is 0 Å². The van der Waals surface area contributed by atoms with E-state index < -0.39 is 6.10 Å². The number of carbonyl (C=O) groups is 1. The lowest BCUT2D eigenvalue weighted by atomic mass is 9.96. The van der Waals surface area contributed by atoms with Gasteiger partial charge in [0.2, 0.25) is 0 Å². The van der Waals surface area contributed by atoms with Gasteiger partial charge in [-0.1, -0.05) is 42.5 Å². The molecule has 1 aliphatic rings. The van der Waals surface area contributed by atoms with Gasteiger partial charge in [0.15, 0.2) is 0 Å². The standard InChI is InChI=1S/C20H24N2O3/c1-25-17-9-5-6-15(12-17)18(23)13-21-19(24)22-14-20(10-11-20)16-7-3-2-4-8-16/h2-9,12,18,23H,10-11,13-14H2,1H3,(H2,21,22,24). The number of urea groups is 1. The largest absolute Gasteiger partial charge is 0.497 e. The van der Waals surface area contributed by atoms with E-state index in [4.69, 9.17) is 4.74 Å². The van der Waals surface area contributed by atoms with Crippen LogP contribution in [0.2, 0.25) is 0 Å². The van der Waals surface area contributed by atoms with Crippen LogP contribution in [0.4, 0.5) is 4.79 Å². The normalized spacial score (nSPS) is 15.9. The molecule has 1 atom stereocenters. The average Bonchev–Trinajstić information content (AvgIpc) is 3.46. The van der Waals surface area contributed by atoms with Crippen molar-refractivity contribution in [3.63, 3.8) is 0 Å². The summed E-state index contributed by atoms with van der Waals surface area (Å²) in [7, 11) is 1.58. The van der Waals surface area contributed by atoms with Crippen LogP contribution in [0.5, 0.6) is 5.75 Å². The minimum atomic E-state index is -0.773. The molecule has 0 saturated heterocycles. The molecule has 0 bridgehead atoms. The zero-order valence-corrected chi connectivity index (χ0v) is 14.4. The number of ether oxygens (including phenoxy) is 1. The maximum atomic E-state index is 12.0. The van der Waals surface area contributed by atoms with Gasteiger partial charge in [-0.25, -0.2) is 4.79 Å². The third kappa shape index (κ3) is 4.31. The van der Waals surface area contributed by atoms with Crippen LogP contribution in [-0.4, -0.2) is 31.3 Å². The Hall–Kier alpha value is -2.53. The lowest BCUT2D eigenvalue weighted by Gasteiger charge is -2.18. The molecule has 0 aromatic heterocycles. The minimum absolute atomic E-state index is 0.0734. The van der Waals surface area contributed by atoms with Crippen LogP contribution in [-0.2, 0) is 5.41 Å². The Labute approximate surface area is 148 Å². The molecule has 2 aromatic carbocycles. The molecule has 5 nitrogen and oxygen atoms in total. The number of benzene rings is 2. The Balaban J connectivity index is 1.47. The second-order valence-electron chi connectivity index (χ2n) is 6.50. The van der Waals surface area contributed by atoms with Gasteiger partial charge in [-0.3, -0.25) is 0 Å². The Morgan fingerprint density at radius 2 is 1.92 bits per heavy atom.